The van der Waals surface area contributed by atoms with Gasteiger partial charge in [0.1, 0.15) is 6.17 Å². The summed E-state index contributed by atoms with van der Waals surface area (Å²) in [6.07, 6.45) is 0.0183. The number of anilines is 2. The first-order valence-electron chi connectivity index (χ1n) is 7.83. The van der Waals surface area contributed by atoms with Crippen LogP contribution >= 0.6 is 0 Å². The molecule has 4 heteroatoms. The lowest BCUT2D eigenvalue weighted by atomic mass is 10.0. The van der Waals surface area contributed by atoms with E-state index in [0.717, 1.165) is 11.4 Å². The lowest BCUT2D eigenvalue weighted by molar-refractivity contribution is 0.571. The van der Waals surface area contributed by atoms with E-state index in [4.69, 9.17) is 5.10 Å². The molecule has 0 spiro atoms. The molecule has 23 heavy (non-hydrogen) atoms. The highest BCUT2D eigenvalue weighted by atomic mass is 15.4. The molecule has 0 fully saturated rings. The molecule has 1 aliphatic heterocycles. The van der Waals surface area contributed by atoms with Crippen molar-refractivity contribution in [3.05, 3.63) is 65.9 Å². The fourth-order valence-corrected chi connectivity index (χ4v) is 3.13. The van der Waals surface area contributed by atoms with Crippen LogP contribution in [-0.2, 0) is 0 Å². The lowest BCUT2D eigenvalue weighted by Gasteiger charge is -2.29. The van der Waals surface area contributed by atoms with Crippen LogP contribution in [0.3, 0.4) is 0 Å². The molecule has 116 valence electrons. The predicted molar refractivity (Wildman–Crippen MR) is 94.9 cm³/mol. The Hall–Kier alpha value is -2.75. The number of aryl methyl sites for hydroxylation is 1. The zero-order valence-electron chi connectivity index (χ0n) is 13.6. The van der Waals surface area contributed by atoms with Gasteiger partial charge in [-0.3, -0.25) is 0 Å². The second-order valence-corrected chi connectivity index (χ2v) is 6.19. The number of rotatable bonds is 2. The molecule has 4 rings (SSSR count). The van der Waals surface area contributed by atoms with Crippen LogP contribution in [0.25, 0.3) is 11.3 Å². The van der Waals surface area contributed by atoms with Crippen molar-refractivity contribution in [1.29, 1.82) is 0 Å². The molecule has 0 aliphatic carbocycles. The Morgan fingerprint density at radius 1 is 1.04 bits per heavy atom. The van der Waals surface area contributed by atoms with Gasteiger partial charge < -0.3 is 10.2 Å². The van der Waals surface area contributed by atoms with E-state index in [9.17, 15) is 0 Å². The van der Waals surface area contributed by atoms with Crippen LogP contribution in [0.1, 0.15) is 17.4 Å². The third-order valence-electron chi connectivity index (χ3n) is 4.32. The van der Waals surface area contributed by atoms with Gasteiger partial charge in [0.15, 0.2) is 0 Å². The van der Waals surface area contributed by atoms with Crippen LogP contribution in [0.2, 0.25) is 0 Å². The summed E-state index contributed by atoms with van der Waals surface area (Å²) in [6.45, 7) is 2.04. The third-order valence-corrected chi connectivity index (χ3v) is 4.32. The molecule has 2 aromatic carbocycles. The zero-order valence-corrected chi connectivity index (χ0v) is 13.6. The van der Waals surface area contributed by atoms with Gasteiger partial charge in [-0.2, -0.15) is 5.10 Å². The van der Waals surface area contributed by atoms with Crippen LogP contribution in [-0.4, -0.2) is 23.9 Å². The molecule has 0 bridgehead atoms. The average molecular weight is 304 g/mol. The maximum atomic E-state index is 4.71. The fourth-order valence-electron chi connectivity index (χ4n) is 3.13. The van der Waals surface area contributed by atoms with Gasteiger partial charge >= 0.3 is 0 Å². The molecule has 4 nitrogen and oxygen atoms in total. The summed E-state index contributed by atoms with van der Waals surface area (Å²) in [5.41, 5.74) is 6.96. The van der Waals surface area contributed by atoms with Crippen LogP contribution < -0.4 is 10.2 Å². The van der Waals surface area contributed by atoms with Crippen LogP contribution in [0.5, 0.6) is 0 Å². The molecule has 0 saturated carbocycles. The Kier molecular flexibility index (Phi) is 3.11. The number of aromatic nitrogens is 2. The Bertz CT molecular complexity index is 846. The summed E-state index contributed by atoms with van der Waals surface area (Å²) in [6, 6.07) is 19.2. The number of para-hydroxylation sites is 1. The van der Waals surface area contributed by atoms with Crippen LogP contribution in [0.15, 0.2) is 54.6 Å². The van der Waals surface area contributed by atoms with E-state index in [1.165, 1.54) is 22.5 Å². The summed E-state index contributed by atoms with van der Waals surface area (Å²) < 4.78 is 2.09. The van der Waals surface area contributed by atoms with Crippen molar-refractivity contribution in [2.45, 2.75) is 13.1 Å². The van der Waals surface area contributed by atoms with Crippen LogP contribution in [0, 0.1) is 6.92 Å². The van der Waals surface area contributed by atoms with E-state index in [1.807, 2.05) is 6.92 Å². The predicted octanol–water partition coefficient (Wildman–Crippen LogP) is 3.90. The summed E-state index contributed by atoms with van der Waals surface area (Å²) >= 11 is 0. The molecule has 0 radical (unpaired) electrons. The first-order chi connectivity index (χ1) is 11.1. The molecule has 3 aromatic rings. The van der Waals surface area contributed by atoms with Gasteiger partial charge in [0.05, 0.1) is 11.4 Å². The largest absolute Gasteiger partial charge is 0.378 e. The number of benzene rings is 2. The van der Waals surface area contributed by atoms with Crippen molar-refractivity contribution < 1.29 is 0 Å². The Balaban J connectivity index is 1.81. The number of fused-ring (bicyclic) bond motifs is 3. The minimum atomic E-state index is 0.0183. The van der Waals surface area contributed by atoms with E-state index in [2.05, 4.69) is 83.6 Å². The summed E-state index contributed by atoms with van der Waals surface area (Å²) in [5.74, 6) is 0. The quantitative estimate of drug-likeness (QED) is 0.779. The highest BCUT2D eigenvalue weighted by Gasteiger charge is 2.25. The normalized spacial score (nSPS) is 15.5. The SMILES string of the molecule is Cc1cc2n(n1)[C@@H](c1ccc(N(C)C)cc1)Nc1ccccc1-2. The highest BCUT2D eigenvalue weighted by Crippen LogP contribution is 2.38. The Morgan fingerprint density at radius 3 is 2.52 bits per heavy atom. The van der Waals surface area contributed by atoms with Crippen molar-refractivity contribution in [3.63, 3.8) is 0 Å². The van der Waals surface area contributed by atoms with E-state index < -0.39 is 0 Å². The number of hydrogen-bond donors (Lipinski definition) is 1. The summed E-state index contributed by atoms with van der Waals surface area (Å²) in [7, 11) is 4.11. The highest BCUT2D eigenvalue weighted by molar-refractivity contribution is 5.78. The molecule has 0 amide bonds. The average Bonchev–Trinajstić information content (AvgIpc) is 2.96. The second kappa shape index (κ2) is 5.16. The van der Waals surface area contributed by atoms with Gasteiger partial charge in [0.25, 0.3) is 0 Å². The first kappa shape index (κ1) is 13.9. The molecule has 0 saturated heterocycles. The van der Waals surface area contributed by atoms with Gasteiger partial charge in [-0.05, 0) is 36.8 Å². The number of nitrogens with zero attached hydrogens (tertiary/aromatic N) is 3. The molecular formula is C19H20N4. The van der Waals surface area contributed by atoms with Crippen LogP contribution in [0.4, 0.5) is 11.4 Å². The number of nitrogens with one attached hydrogen (secondary N) is 1. The molecule has 2 heterocycles. The van der Waals surface area contributed by atoms with Gasteiger partial charge in [-0.25, -0.2) is 4.68 Å². The summed E-state index contributed by atoms with van der Waals surface area (Å²) in [5, 5.41) is 8.33. The van der Waals surface area contributed by atoms with E-state index in [0.29, 0.717) is 0 Å². The van der Waals surface area contributed by atoms with E-state index in [-0.39, 0.29) is 6.17 Å². The number of hydrogen-bond acceptors (Lipinski definition) is 3. The Labute approximate surface area is 136 Å². The summed E-state index contributed by atoms with van der Waals surface area (Å²) in [4.78, 5) is 2.11. The minimum Gasteiger partial charge on any atom is -0.378 e. The lowest BCUT2D eigenvalue weighted by Crippen LogP contribution is -2.25. The zero-order chi connectivity index (χ0) is 16.0. The van der Waals surface area contributed by atoms with Crippen molar-refractivity contribution >= 4 is 11.4 Å². The van der Waals surface area contributed by atoms with Gasteiger partial charge in [0.2, 0.25) is 0 Å². The van der Waals surface area contributed by atoms with Crippen molar-refractivity contribution in [3.8, 4) is 11.3 Å². The monoisotopic (exact) mass is 304 g/mol. The Morgan fingerprint density at radius 2 is 1.78 bits per heavy atom. The van der Waals surface area contributed by atoms with Crippen molar-refractivity contribution in [2.75, 3.05) is 24.3 Å². The molecule has 1 aromatic heterocycles. The molecule has 1 atom stereocenters. The van der Waals surface area contributed by atoms with Gasteiger partial charge in [-0.1, -0.05) is 30.3 Å². The molecule has 1 N–H and O–H groups in total. The van der Waals surface area contributed by atoms with Crippen molar-refractivity contribution in [2.24, 2.45) is 0 Å². The molecular weight excluding hydrogens is 284 g/mol. The maximum Gasteiger partial charge on any atom is 0.147 e. The topological polar surface area (TPSA) is 33.1 Å². The minimum absolute atomic E-state index is 0.0183. The third kappa shape index (κ3) is 2.27. The van der Waals surface area contributed by atoms with Crippen molar-refractivity contribution in [1.82, 2.24) is 9.78 Å². The fraction of sp³-hybridized carbons (Fsp3) is 0.211. The van der Waals surface area contributed by atoms with E-state index >= 15 is 0 Å². The second-order valence-electron chi connectivity index (χ2n) is 6.19. The molecule has 0 unspecified atom stereocenters. The van der Waals surface area contributed by atoms with Gasteiger partial charge in [-0.15, -0.1) is 0 Å². The van der Waals surface area contributed by atoms with Gasteiger partial charge in [0, 0.05) is 31.0 Å². The molecule has 1 aliphatic rings. The maximum absolute atomic E-state index is 4.71. The first-order valence-corrected chi connectivity index (χ1v) is 7.83. The smallest absolute Gasteiger partial charge is 0.147 e. The standard InChI is InChI=1S/C19H20N4/c1-13-12-18-16-6-4-5-7-17(16)20-19(23(18)21-13)14-8-10-15(11-9-14)22(2)3/h4-12,19-20H,1-3H3/t19-/m0/s1. The van der Waals surface area contributed by atoms with E-state index in [1.54, 1.807) is 0 Å².